The molecule has 1 aliphatic rings. The fourth-order valence-electron chi connectivity index (χ4n) is 1.61. The third-order valence-corrected chi connectivity index (χ3v) is 2.68. The van der Waals surface area contributed by atoms with Gasteiger partial charge in [-0.2, -0.15) is 0 Å². The van der Waals surface area contributed by atoms with Crippen LogP contribution < -0.4 is 10.6 Å². The number of benzene rings is 1. The van der Waals surface area contributed by atoms with Gasteiger partial charge < -0.3 is 10.6 Å². The molecule has 1 aromatic carbocycles. The summed E-state index contributed by atoms with van der Waals surface area (Å²) in [6.07, 6.45) is 1.05. The molecule has 1 heterocycles. The van der Waals surface area contributed by atoms with Crippen LogP contribution in [0.4, 0.5) is 10.1 Å². The van der Waals surface area contributed by atoms with Crippen molar-refractivity contribution in [1.82, 2.24) is 5.32 Å². The maximum absolute atomic E-state index is 12.9. The van der Waals surface area contributed by atoms with Gasteiger partial charge in [-0.15, -0.1) is 0 Å². The lowest BCUT2D eigenvalue weighted by Gasteiger charge is -2.13. The molecular weight excluding hydrogens is 203 g/mol. The maximum atomic E-state index is 12.9. The zero-order valence-electron chi connectivity index (χ0n) is 7.69. The van der Waals surface area contributed by atoms with Gasteiger partial charge >= 0.3 is 0 Å². The summed E-state index contributed by atoms with van der Waals surface area (Å²) in [5.41, 5.74) is 0.681. The molecule has 1 aromatic rings. The molecule has 76 valence electrons. The Kier molecular flexibility index (Phi) is 2.89. The number of nitrogens with one attached hydrogen (secondary N) is 2. The lowest BCUT2D eigenvalue weighted by Crippen LogP contribution is -2.22. The molecule has 0 aliphatic carbocycles. The van der Waals surface area contributed by atoms with E-state index in [-0.39, 0.29) is 5.82 Å². The van der Waals surface area contributed by atoms with Crippen molar-refractivity contribution in [2.45, 2.75) is 12.5 Å². The van der Waals surface area contributed by atoms with E-state index >= 15 is 0 Å². The molecule has 1 atom stereocenters. The molecule has 1 saturated heterocycles. The molecule has 0 radical (unpaired) electrons. The van der Waals surface area contributed by atoms with Crippen LogP contribution in [0.25, 0.3) is 0 Å². The fourth-order valence-corrected chi connectivity index (χ4v) is 1.78. The van der Waals surface area contributed by atoms with Crippen LogP contribution >= 0.6 is 11.6 Å². The third kappa shape index (κ3) is 2.16. The summed E-state index contributed by atoms with van der Waals surface area (Å²) in [6.45, 7) is 1.91. The van der Waals surface area contributed by atoms with E-state index in [1.54, 1.807) is 6.07 Å². The normalized spacial score (nSPS) is 21.1. The van der Waals surface area contributed by atoms with E-state index in [9.17, 15) is 4.39 Å². The van der Waals surface area contributed by atoms with Crippen molar-refractivity contribution in [2.75, 3.05) is 18.4 Å². The second-order valence-corrected chi connectivity index (χ2v) is 3.87. The lowest BCUT2D eigenvalue weighted by molar-refractivity contribution is 0.627. The third-order valence-electron chi connectivity index (χ3n) is 2.35. The number of hydrogen-bond acceptors (Lipinski definition) is 2. The second-order valence-electron chi connectivity index (χ2n) is 3.46. The maximum Gasteiger partial charge on any atom is 0.125 e. The molecule has 4 heteroatoms. The van der Waals surface area contributed by atoms with Gasteiger partial charge in [0.05, 0.1) is 10.7 Å². The first-order valence-corrected chi connectivity index (χ1v) is 5.06. The van der Waals surface area contributed by atoms with E-state index < -0.39 is 0 Å². The molecule has 1 unspecified atom stereocenters. The zero-order chi connectivity index (χ0) is 9.97. The first-order chi connectivity index (χ1) is 6.75. The summed E-state index contributed by atoms with van der Waals surface area (Å²) in [7, 11) is 0. The molecule has 0 aromatic heterocycles. The average molecular weight is 215 g/mol. The summed E-state index contributed by atoms with van der Waals surface area (Å²) in [5, 5.41) is 7.01. The van der Waals surface area contributed by atoms with E-state index in [0.717, 1.165) is 19.5 Å². The molecular formula is C10H12ClFN2. The van der Waals surface area contributed by atoms with Crippen LogP contribution in [0.5, 0.6) is 0 Å². The Morgan fingerprint density at radius 1 is 1.50 bits per heavy atom. The average Bonchev–Trinajstić information content (AvgIpc) is 2.64. The van der Waals surface area contributed by atoms with Gasteiger partial charge in [0, 0.05) is 12.6 Å². The second kappa shape index (κ2) is 4.15. The van der Waals surface area contributed by atoms with Crippen LogP contribution in [-0.2, 0) is 0 Å². The van der Waals surface area contributed by atoms with Crippen molar-refractivity contribution >= 4 is 17.3 Å². The minimum Gasteiger partial charge on any atom is -0.380 e. The Hall–Kier alpha value is -0.800. The van der Waals surface area contributed by atoms with Crippen molar-refractivity contribution in [3.05, 3.63) is 29.0 Å². The van der Waals surface area contributed by atoms with Gasteiger partial charge in [-0.05, 0) is 31.2 Å². The number of rotatable bonds is 2. The number of halogens is 2. The molecule has 0 spiro atoms. The SMILES string of the molecule is Fc1ccc(Cl)c(NC2CCNC2)c1. The Labute approximate surface area is 87.5 Å². The standard InChI is InChI=1S/C10H12ClFN2/c11-9-2-1-7(12)5-10(9)14-8-3-4-13-6-8/h1-2,5,8,13-14H,3-4,6H2. The first kappa shape index (κ1) is 9.74. The van der Waals surface area contributed by atoms with Crippen LogP contribution in [0.15, 0.2) is 18.2 Å². The molecule has 0 amide bonds. The van der Waals surface area contributed by atoms with E-state index in [1.165, 1.54) is 12.1 Å². The largest absolute Gasteiger partial charge is 0.380 e. The minimum atomic E-state index is -0.261. The van der Waals surface area contributed by atoms with Crippen LogP contribution in [0.1, 0.15) is 6.42 Å². The van der Waals surface area contributed by atoms with Gasteiger partial charge in [-0.3, -0.25) is 0 Å². The predicted molar refractivity (Wildman–Crippen MR) is 56.3 cm³/mol. The highest BCUT2D eigenvalue weighted by atomic mass is 35.5. The van der Waals surface area contributed by atoms with Crippen molar-refractivity contribution in [3.63, 3.8) is 0 Å². The molecule has 0 saturated carbocycles. The zero-order valence-corrected chi connectivity index (χ0v) is 8.44. The van der Waals surface area contributed by atoms with Crippen LogP contribution in [0, 0.1) is 5.82 Å². The topological polar surface area (TPSA) is 24.1 Å². The molecule has 1 aliphatic heterocycles. The van der Waals surface area contributed by atoms with E-state index in [0.29, 0.717) is 16.8 Å². The Bertz CT molecular complexity index is 324. The van der Waals surface area contributed by atoms with Gasteiger partial charge in [0.2, 0.25) is 0 Å². The Balaban J connectivity index is 2.10. The van der Waals surface area contributed by atoms with Crippen LogP contribution in [-0.4, -0.2) is 19.1 Å². The van der Waals surface area contributed by atoms with Crippen molar-refractivity contribution in [1.29, 1.82) is 0 Å². The van der Waals surface area contributed by atoms with Gasteiger partial charge in [0.1, 0.15) is 5.82 Å². The van der Waals surface area contributed by atoms with Crippen molar-refractivity contribution in [2.24, 2.45) is 0 Å². The summed E-state index contributed by atoms with van der Waals surface area (Å²) in [5.74, 6) is -0.261. The summed E-state index contributed by atoms with van der Waals surface area (Å²) >= 11 is 5.93. The fraction of sp³-hybridized carbons (Fsp3) is 0.400. The predicted octanol–water partition coefficient (Wildman–Crippen LogP) is 2.25. The molecule has 2 rings (SSSR count). The lowest BCUT2D eigenvalue weighted by atomic mass is 10.2. The summed E-state index contributed by atoms with van der Waals surface area (Å²) in [6, 6.07) is 4.72. The smallest absolute Gasteiger partial charge is 0.125 e. The van der Waals surface area contributed by atoms with Gasteiger partial charge in [-0.25, -0.2) is 4.39 Å². The molecule has 2 nitrogen and oxygen atoms in total. The summed E-state index contributed by atoms with van der Waals surface area (Å²) in [4.78, 5) is 0. The molecule has 14 heavy (non-hydrogen) atoms. The highest BCUT2D eigenvalue weighted by Gasteiger charge is 2.15. The van der Waals surface area contributed by atoms with Gasteiger partial charge in [-0.1, -0.05) is 11.6 Å². The molecule has 0 bridgehead atoms. The minimum absolute atomic E-state index is 0.261. The van der Waals surface area contributed by atoms with E-state index in [1.807, 2.05) is 0 Å². The Morgan fingerprint density at radius 2 is 2.36 bits per heavy atom. The van der Waals surface area contributed by atoms with Crippen molar-refractivity contribution in [3.8, 4) is 0 Å². The monoisotopic (exact) mass is 214 g/mol. The number of anilines is 1. The quantitative estimate of drug-likeness (QED) is 0.789. The number of hydrogen-bond donors (Lipinski definition) is 2. The van der Waals surface area contributed by atoms with E-state index in [2.05, 4.69) is 10.6 Å². The Morgan fingerprint density at radius 3 is 3.07 bits per heavy atom. The summed E-state index contributed by atoms with van der Waals surface area (Å²) < 4.78 is 12.9. The first-order valence-electron chi connectivity index (χ1n) is 4.68. The molecule has 1 fully saturated rings. The van der Waals surface area contributed by atoms with Gasteiger partial charge in [0.25, 0.3) is 0 Å². The van der Waals surface area contributed by atoms with E-state index in [4.69, 9.17) is 11.6 Å². The highest BCUT2D eigenvalue weighted by Crippen LogP contribution is 2.23. The molecule has 2 N–H and O–H groups in total. The van der Waals surface area contributed by atoms with Crippen LogP contribution in [0.2, 0.25) is 5.02 Å². The highest BCUT2D eigenvalue weighted by molar-refractivity contribution is 6.33. The van der Waals surface area contributed by atoms with Crippen LogP contribution in [0.3, 0.4) is 0 Å². The van der Waals surface area contributed by atoms with Crippen molar-refractivity contribution < 1.29 is 4.39 Å². The van der Waals surface area contributed by atoms with Gasteiger partial charge in [0.15, 0.2) is 0 Å².